The molecule has 0 radical (unpaired) electrons. The van der Waals surface area contributed by atoms with Crippen LogP contribution in [0.1, 0.15) is 24.6 Å². The highest BCUT2D eigenvalue weighted by atomic mass is 79.9. The predicted octanol–water partition coefficient (Wildman–Crippen LogP) is 2.81. The van der Waals surface area contributed by atoms with E-state index < -0.39 is 12.6 Å². The summed E-state index contributed by atoms with van der Waals surface area (Å²) >= 11 is 3.37. The number of aromatic nitrogens is 2. The van der Waals surface area contributed by atoms with Gasteiger partial charge in [0.25, 0.3) is 0 Å². The topological polar surface area (TPSA) is 33.1 Å². The summed E-state index contributed by atoms with van der Waals surface area (Å²) in [7, 11) is 5.55. The first kappa shape index (κ1) is 17.5. The van der Waals surface area contributed by atoms with Gasteiger partial charge in [-0.1, -0.05) is 0 Å². The summed E-state index contributed by atoms with van der Waals surface area (Å²) < 4.78 is 39.6. The maximum absolute atomic E-state index is 12.4. The van der Waals surface area contributed by atoms with Crippen LogP contribution in [-0.2, 0) is 6.54 Å². The van der Waals surface area contributed by atoms with Gasteiger partial charge >= 0.3 is 6.18 Å². The van der Waals surface area contributed by atoms with Crippen LogP contribution in [0.2, 0.25) is 0 Å². The van der Waals surface area contributed by atoms with Gasteiger partial charge in [0, 0.05) is 13.0 Å². The number of nitrogens with zero attached hydrogens (tertiary/aromatic N) is 3. The van der Waals surface area contributed by atoms with E-state index in [4.69, 9.17) is 0 Å². The molecule has 0 saturated carbocycles. The molecule has 0 aliphatic heterocycles. The molecule has 0 aliphatic carbocycles. The van der Waals surface area contributed by atoms with Crippen molar-refractivity contribution in [3.8, 4) is 0 Å². The Hall–Kier alpha value is -0.600. The van der Waals surface area contributed by atoms with Crippen LogP contribution < -0.4 is 5.32 Å². The van der Waals surface area contributed by atoms with Crippen LogP contribution in [0.3, 0.4) is 0 Å². The van der Waals surface area contributed by atoms with E-state index in [0.717, 1.165) is 16.7 Å². The minimum Gasteiger partial charge on any atom is -0.312 e. The Morgan fingerprint density at radius 1 is 1.45 bits per heavy atom. The molecule has 1 atom stereocenters. The van der Waals surface area contributed by atoms with Crippen LogP contribution in [0.4, 0.5) is 13.2 Å². The maximum Gasteiger partial charge on any atom is 0.389 e. The number of likely N-dealkylation sites (N-methyl/N-ethyl adjacent to an activating group) is 1. The van der Waals surface area contributed by atoms with Gasteiger partial charge < -0.3 is 10.2 Å². The summed E-state index contributed by atoms with van der Waals surface area (Å²) in [6.45, 7) is 1.41. The average molecular weight is 357 g/mol. The van der Waals surface area contributed by atoms with Gasteiger partial charge in [-0.2, -0.15) is 18.3 Å². The molecule has 1 aromatic rings. The van der Waals surface area contributed by atoms with Crippen LogP contribution in [0.15, 0.2) is 10.7 Å². The fourth-order valence-electron chi connectivity index (χ4n) is 1.92. The second-order valence-corrected chi connectivity index (χ2v) is 5.75. The second-order valence-electron chi connectivity index (χ2n) is 4.90. The second kappa shape index (κ2) is 7.42. The predicted molar refractivity (Wildman–Crippen MR) is 75.6 cm³/mol. The zero-order chi connectivity index (χ0) is 15.3. The van der Waals surface area contributed by atoms with Crippen molar-refractivity contribution < 1.29 is 13.2 Å². The molecule has 1 heterocycles. The number of rotatable bonds is 7. The first-order chi connectivity index (χ1) is 9.24. The van der Waals surface area contributed by atoms with Gasteiger partial charge in [0.1, 0.15) is 0 Å². The summed E-state index contributed by atoms with van der Waals surface area (Å²) in [4.78, 5) is 2.00. The molecule has 0 spiro atoms. The Balaban J connectivity index is 2.82. The zero-order valence-electron chi connectivity index (χ0n) is 11.8. The molecule has 116 valence electrons. The Kier molecular flexibility index (Phi) is 6.47. The van der Waals surface area contributed by atoms with Crippen LogP contribution in [0.5, 0.6) is 0 Å². The molecule has 1 N–H and O–H groups in total. The van der Waals surface area contributed by atoms with E-state index in [2.05, 4.69) is 26.3 Å². The van der Waals surface area contributed by atoms with Crippen molar-refractivity contribution in [3.63, 3.8) is 0 Å². The zero-order valence-corrected chi connectivity index (χ0v) is 13.4. The van der Waals surface area contributed by atoms with E-state index in [9.17, 15) is 13.2 Å². The SMILES string of the molecule is CNC(CCC(F)(F)F)c1c(Br)cnn1CCN(C)C. The van der Waals surface area contributed by atoms with Crippen LogP contribution in [-0.4, -0.2) is 48.5 Å². The summed E-state index contributed by atoms with van der Waals surface area (Å²) in [6.07, 6.45) is -3.34. The summed E-state index contributed by atoms with van der Waals surface area (Å²) in [5.41, 5.74) is 0.763. The van der Waals surface area contributed by atoms with E-state index in [0.29, 0.717) is 6.54 Å². The fourth-order valence-corrected chi connectivity index (χ4v) is 2.49. The van der Waals surface area contributed by atoms with Crippen molar-refractivity contribution in [2.75, 3.05) is 27.7 Å². The van der Waals surface area contributed by atoms with Crippen molar-refractivity contribution in [1.29, 1.82) is 0 Å². The van der Waals surface area contributed by atoms with Gasteiger partial charge in [-0.05, 0) is 43.5 Å². The van der Waals surface area contributed by atoms with E-state index in [1.165, 1.54) is 0 Å². The number of alkyl halides is 3. The molecule has 4 nitrogen and oxygen atoms in total. The Bertz CT molecular complexity index is 417. The fraction of sp³-hybridized carbons (Fsp3) is 0.750. The third kappa shape index (κ3) is 5.41. The van der Waals surface area contributed by atoms with Gasteiger partial charge in [-0.3, -0.25) is 4.68 Å². The molecule has 1 rings (SSSR count). The van der Waals surface area contributed by atoms with Crippen molar-refractivity contribution >= 4 is 15.9 Å². The van der Waals surface area contributed by atoms with E-state index in [1.54, 1.807) is 17.9 Å². The largest absolute Gasteiger partial charge is 0.389 e. The molecule has 0 amide bonds. The number of halogens is 4. The van der Waals surface area contributed by atoms with Crippen molar-refractivity contribution in [3.05, 3.63) is 16.4 Å². The van der Waals surface area contributed by atoms with Crippen molar-refractivity contribution in [2.45, 2.75) is 31.6 Å². The normalized spacial score (nSPS) is 14.0. The molecular formula is C12H20BrF3N4. The number of nitrogens with one attached hydrogen (secondary N) is 1. The van der Waals surface area contributed by atoms with Crippen LogP contribution in [0, 0.1) is 0 Å². The summed E-state index contributed by atoms with van der Waals surface area (Å²) in [5.74, 6) is 0. The van der Waals surface area contributed by atoms with Gasteiger partial charge in [0.05, 0.1) is 29.0 Å². The third-order valence-corrected chi connectivity index (χ3v) is 3.60. The van der Waals surface area contributed by atoms with Crippen LogP contribution >= 0.6 is 15.9 Å². The lowest BCUT2D eigenvalue weighted by atomic mass is 10.1. The summed E-state index contributed by atoms with van der Waals surface area (Å²) in [5, 5.41) is 7.16. The standard InChI is InChI=1S/C12H20BrF3N4/c1-17-10(4-5-12(14,15)16)11-9(13)8-18-20(11)7-6-19(2)3/h8,10,17H,4-7H2,1-3H3. The Morgan fingerprint density at radius 3 is 2.60 bits per heavy atom. The van der Waals surface area contributed by atoms with Crippen molar-refractivity contribution in [2.24, 2.45) is 0 Å². The highest BCUT2D eigenvalue weighted by molar-refractivity contribution is 9.10. The highest BCUT2D eigenvalue weighted by Gasteiger charge is 2.30. The minimum absolute atomic E-state index is 0.00768. The Labute approximate surface area is 125 Å². The Morgan fingerprint density at radius 2 is 2.10 bits per heavy atom. The lowest BCUT2D eigenvalue weighted by Gasteiger charge is -2.20. The molecule has 0 aliphatic rings. The van der Waals surface area contributed by atoms with Gasteiger partial charge in [-0.15, -0.1) is 0 Å². The lowest BCUT2D eigenvalue weighted by molar-refractivity contribution is -0.136. The van der Waals surface area contributed by atoms with Gasteiger partial charge in [0.15, 0.2) is 0 Å². The monoisotopic (exact) mass is 356 g/mol. The molecule has 20 heavy (non-hydrogen) atoms. The maximum atomic E-state index is 12.4. The van der Waals surface area contributed by atoms with Gasteiger partial charge in [-0.25, -0.2) is 0 Å². The molecule has 0 fully saturated rings. The van der Waals surface area contributed by atoms with Gasteiger partial charge in [0.2, 0.25) is 0 Å². The number of hydrogen-bond acceptors (Lipinski definition) is 3. The molecule has 0 aromatic carbocycles. The van der Waals surface area contributed by atoms with E-state index in [-0.39, 0.29) is 12.5 Å². The highest BCUT2D eigenvalue weighted by Crippen LogP contribution is 2.30. The summed E-state index contributed by atoms with van der Waals surface area (Å²) in [6, 6.07) is -0.379. The third-order valence-electron chi connectivity index (χ3n) is 2.99. The first-order valence-corrected chi connectivity index (χ1v) is 7.14. The van der Waals surface area contributed by atoms with Crippen molar-refractivity contribution in [1.82, 2.24) is 20.0 Å². The molecule has 0 bridgehead atoms. The van der Waals surface area contributed by atoms with E-state index >= 15 is 0 Å². The molecule has 1 aromatic heterocycles. The quantitative estimate of drug-likeness (QED) is 0.815. The number of hydrogen-bond donors (Lipinski definition) is 1. The average Bonchev–Trinajstić information content (AvgIpc) is 2.68. The smallest absolute Gasteiger partial charge is 0.312 e. The molecular weight excluding hydrogens is 337 g/mol. The molecule has 1 unspecified atom stereocenters. The first-order valence-electron chi connectivity index (χ1n) is 6.34. The van der Waals surface area contributed by atoms with E-state index in [1.807, 2.05) is 19.0 Å². The lowest BCUT2D eigenvalue weighted by Crippen LogP contribution is -2.26. The molecule has 8 heteroatoms. The minimum atomic E-state index is -4.14. The molecule has 0 saturated heterocycles. The van der Waals surface area contributed by atoms with Crippen LogP contribution in [0.25, 0.3) is 0 Å².